The number of hydrogen-bond donors (Lipinski definition) is 1. The second kappa shape index (κ2) is 7.73. The van der Waals surface area contributed by atoms with Gasteiger partial charge in [-0.25, -0.2) is 0 Å². The number of amides is 1. The molecule has 128 valence electrons. The van der Waals surface area contributed by atoms with E-state index in [0.29, 0.717) is 28.7 Å². The summed E-state index contributed by atoms with van der Waals surface area (Å²) in [5.41, 5.74) is 2.34. The van der Waals surface area contributed by atoms with Crippen molar-refractivity contribution in [3.8, 4) is 17.2 Å². The Morgan fingerprint density at radius 1 is 0.958 bits per heavy atom. The van der Waals surface area contributed by atoms with Gasteiger partial charge in [0.25, 0.3) is 5.91 Å². The first-order chi connectivity index (χ1) is 11.5. The van der Waals surface area contributed by atoms with Crippen LogP contribution in [-0.4, -0.2) is 27.2 Å². The van der Waals surface area contributed by atoms with Gasteiger partial charge in [-0.15, -0.1) is 0 Å². The van der Waals surface area contributed by atoms with Crippen molar-refractivity contribution in [2.24, 2.45) is 0 Å². The average molecular weight is 329 g/mol. The molecule has 1 amide bonds. The zero-order chi connectivity index (χ0) is 17.7. The zero-order valence-electron chi connectivity index (χ0n) is 14.7. The number of ether oxygens (including phenoxy) is 3. The van der Waals surface area contributed by atoms with Crippen molar-refractivity contribution >= 4 is 11.6 Å². The van der Waals surface area contributed by atoms with Gasteiger partial charge < -0.3 is 19.5 Å². The molecule has 0 aliphatic carbocycles. The highest BCUT2D eigenvalue weighted by Crippen LogP contribution is 2.38. The Kier molecular flexibility index (Phi) is 5.68. The van der Waals surface area contributed by atoms with Crippen LogP contribution in [0.25, 0.3) is 0 Å². The van der Waals surface area contributed by atoms with Crippen LogP contribution in [0.5, 0.6) is 17.2 Å². The van der Waals surface area contributed by atoms with Gasteiger partial charge in [-0.3, -0.25) is 4.79 Å². The second-order valence-corrected chi connectivity index (χ2v) is 5.65. The first kappa shape index (κ1) is 17.7. The van der Waals surface area contributed by atoms with Crippen LogP contribution in [0.4, 0.5) is 5.69 Å². The summed E-state index contributed by atoms with van der Waals surface area (Å²) in [6.07, 6.45) is 0. The number of benzene rings is 2. The Labute approximate surface area is 142 Å². The van der Waals surface area contributed by atoms with Gasteiger partial charge in [-0.2, -0.15) is 0 Å². The molecule has 2 aromatic rings. The van der Waals surface area contributed by atoms with E-state index in [1.165, 1.54) is 21.3 Å². The van der Waals surface area contributed by atoms with Crippen molar-refractivity contribution in [2.45, 2.75) is 19.8 Å². The Morgan fingerprint density at radius 2 is 1.58 bits per heavy atom. The zero-order valence-corrected chi connectivity index (χ0v) is 14.7. The van der Waals surface area contributed by atoms with E-state index < -0.39 is 0 Å². The van der Waals surface area contributed by atoms with Gasteiger partial charge in [0.15, 0.2) is 11.5 Å². The third kappa shape index (κ3) is 3.79. The molecule has 2 aromatic carbocycles. The van der Waals surface area contributed by atoms with Gasteiger partial charge in [0.1, 0.15) is 0 Å². The SMILES string of the molecule is COc1cc(C(=O)Nc2cccc(C(C)C)c2)cc(OC)c1OC. The molecule has 5 nitrogen and oxygen atoms in total. The molecular weight excluding hydrogens is 306 g/mol. The van der Waals surface area contributed by atoms with E-state index in [0.717, 1.165) is 11.3 Å². The number of carbonyl (C=O) groups excluding carboxylic acids is 1. The van der Waals surface area contributed by atoms with E-state index in [2.05, 4.69) is 19.2 Å². The predicted molar refractivity (Wildman–Crippen MR) is 94.6 cm³/mol. The number of methoxy groups -OCH3 is 3. The molecule has 0 aromatic heterocycles. The fraction of sp³-hybridized carbons (Fsp3) is 0.316. The Balaban J connectivity index is 2.31. The normalized spacial score (nSPS) is 10.4. The summed E-state index contributed by atoms with van der Waals surface area (Å²) in [5, 5.41) is 2.90. The fourth-order valence-electron chi connectivity index (χ4n) is 2.39. The summed E-state index contributed by atoms with van der Waals surface area (Å²) < 4.78 is 15.8. The van der Waals surface area contributed by atoms with E-state index in [9.17, 15) is 4.79 Å². The van der Waals surface area contributed by atoms with Crippen LogP contribution in [0.15, 0.2) is 36.4 Å². The summed E-state index contributed by atoms with van der Waals surface area (Å²) in [4.78, 5) is 12.6. The lowest BCUT2D eigenvalue weighted by atomic mass is 10.0. The number of rotatable bonds is 6. The molecule has 0 bridgehead atoms. The average Bonchev–Trinajstić information content (AvgIpc) is 2.60. The molecule has 0 unspecified atom stereocenters. The van der Waals surface area contributed by atoms with E-state index in [-0.39, 0.29) is 5.91 Å². The number of carbonyl (C=O) groups is 1. The molecule has 0 fully saturated rings. The summed E-state index contributed by atoms with van der Waals surface area (Å²) in [5.74, 6) is 1.49. The fourth-order valence-corrected chi connectivity index (χ4v) is 2.39. The molecule has 0 spiro atoms. The summed E-state index contributed by atoms with van der Waals surface area (Å²) in [7, 11) is 4.56. The highest BCUT2D eigenvalue weighted by molar-refractivity contribution is 6.05. The lowest BCUT2D eigenvalue weighted by molar-refractivity contribution is 0.102. The van der Waals surface area contributed by atoms with Crippen molar-refractivity contribution in [1.82, 2.24) is 0 Å². The Hall–Kier alpha value is -2.69. The van der Waals surface area contributed by atoms with Crippen LogP contribution in [0.2, 0.25) is 0 Å². The second-order valence-electron chi connectivity index (χ2n) is 5.65. The number of nitrogens with one attached hydrogen (secondary N) is 1. The van der Waals surface area contributed by atoms with Crippen LogP contribution < -0.4 is 19.5 Å². The quantitative estimate of drug-likeness (QED) is 0.867. The minimum absolute atomic E-state index is 0.241. The standard InChI is InChI=1S/C19H23NO4/c1-12(2)13-7-6-8-15(9-13)20-19(21)14-10-16(22-3)18(24-5)17(11-14)23-4/h6-12H,1-5H3,(H,20,21). The number of anilines is 1. The molecular formula is C19H23NO4. The van der Waals surface area contributed by atoms with Gasteiger partial charge in [-0.1, -0.05) is 26.0 Å². The maximum Gasteiger partial charge on any atom is 0.255 e. The van der Waals surface area contributed by atoms with E-state index in [4.69, 9.17) is 14.2 Å². The number of hydrogen-bond acceptors (Lipinski definition) is 4. The third-order valence-electron chi connectivity index (χ3n) is 3.74. The molecule has 0 saturated carbocycles. The van der Waals surface area contributed by atoms with Gasteiger partial charge >= 0.3 is 0 Å². The first-order valence-electron chi connectivity index (χ1n) is 7.71. The van der Waals surface area contributed by atoms with Crippen molar-refractivity contribution in [3.63, 3.8) is 0 Å². The first-order valence-corrected chi connectivity index (χ1v) is 7.71. The van der Waals surface area contributed by atoms with Gasteiger partial charge in [0.05, 0.1) is 21.3 Å². The van der Waals surface area contributed by atoms with Crippen molar-refractivity contribution in [3.05, 3.63) is 47.5 Å². The molecule has 2 rings (SSSR count). The van der Waals surface area contributed by atoms with Gasteiger partial charge in [0, 0.05) is 11.3 Å². The van der Waals surface area contributed by atoms with Crippen molar-refractivity contribution in [2.75, 3.05) is 26.6 Å². The van der Waals surface area contributed by atoms with Gasteiger partial charge in [0.2, 0.25) is 5.75 Å². The minimum atomic E-state index is -0.241. The monoisotopic (exact) mass is 329 g/mol. The van der Waals surface area contributed by atoms with Crippen LogP contribution in [0.3, 0.4) is 0 Å². The molecule has 0 aliphatic heterocycles. The van der Waals surface area contributed by atoms with Crippen LogP contribution in [0.1, 0.15) is 35.7 Å². The minimum Gasteiger partial charge on any atom is -0.493 e. The molecule has 24 heavy (non-hydrogen) atoms. The Morgan fingerprint density at radius 3 is 2.08 bits per heavy atom. The van der Waals surface area contributed by atoms with Crippen LogP contribution in [0, 0.1) is 0 Å². The van der Waals surface area contributed by atoms with Crippen LogP contribution >= 0.6 is 0 Å². The summed E-state index contributed by atoms with van der Waals surface area (Å²) in [6.45, 7) is 4.22. The highest BCUT2D eigenvalue weighted by atomic mass is 16.5. The van der Waals surface area contributed by atoms with Crippen molar-refractivity contribution < 1.29 is 19.0 Å². The smallest absolute Gasteiger partial charge is 0.255 e. The van der Waals surface area contributed by atoms with Gasteiger partial charge in [-0.05, 0) is 35.7 Å². The van der Waals surface area contributed by atoms with Crippen LogP contribution in [-0.2, 0) is 0 Å². The molecule has 0 atom stereocenters. The highest BCUT2D eigenvalue weighted by Gasteiger charge is 2.17. The predicted octanol–water partition coefficient (Wildman–Crippen LogP) is 4.09. The van der Waals surface area contributed by atoms with E-state index in [1.807, 2.05) is 24.3 Å². The molecule has 0 aliphatic rings. The van der Waals surface area contributed by atoms with E-state index >= 15 is 0 Å². The maximum absolute atomic E-state index is 12.6. The summed E-state index contributed by atoms with van der Waals surface area (Å²) >= 11 is 0. The largest absolute Gasteiger partial charge is 0.493 e. The topological polar surface area (TPSA) is 56.8 Å². The third-order valence-corrected chi connectivity index (χ3v) is 3.74. The van der Waals surface area contributed by atoms with E-state index in [1.54, 1.807) is 12.1 Å². The molecule has 5 heteroatoms. The van der Waals surface area contributed by atoms with Crippen molar-refractivity contribution in [1.29, 1.82) is 0 Å². The molecule has 0 radical (unpaired) electrons. The lowest BCUT2D eigenvalue weighted by Gasteiger charge is -2.14. The molecule has 0 saturated heterocycles. The Bertz CT molecular complexity index is 700. The molecule has 0 heterocycles. The maximum atomic E-state index is 12.6. The summed E-state index contributed by atoms with van der Waals surface area (Å²) in [6, 6.07) is 11.1. The molecule has 1 N–H and O–H groups in total. The lowest BCUT2D eigenvalue weighted by Crippen LogP contribution is -2.13.